The van der Waals surface area contributed by atoms with Crippen LogP contribution in [0.5, 0.6) is 0 Å². The summed E-state index contributed by atoms with van der Waals surface area (Å²) < 4.78 is 0. The first-order valence-corrected chi connectivity index (χ1v) is 7.01. The topological polar surface area (TPSA) is 41.1 Å². The fourth-order valence-corrected chi connectivity index (χ4v) is 1.68. The van der Waals surface area contributed by atoms with Crippen LogP contribution in [0.15, 0.2) is 0 Å². The molecule has 0 heterocycles. The molecule has 3 nitrogen and oxygen atoms in total. The Morgan fingerprint density at radius 3 is 2.53 bits per heavy atom. The van der Waals surface area contributed by atoms with E-state index in [0.717, 1.165) is 18.6 Å². The predicted octanol–water partition coefficient (Wildman–Crippen LogP) is 1.63. The van der Waals surface area contributed by atoms with Gasteiger partial charge in [0.05, 0.1) is 6.54 Å². The highest BCUT2D eigenvalue weighted by Crippen LogP contribution is 1.99. The first-order chi connectivity index (χ1) is 7.10. The van der Waals surface area contributed by atoms with Crippen molar-refractivity contribution in [3.8, 4) is 0 Å². The molecule has 0 aliphatic heterocycles. The van der Waals surface area contributed by atoms with Crippen molar-refractivity contribution in [1.29, 1.82) is 0 Å². The highest BCUT2D eigenvalue weighted by Gasteiger charge is 2.07. The Morgan fingerprint density at radius 1 is 1.33 bits per heavy atom. The normalized spacial score (nSPS) is 14.7. The van der Waals surface area contributed by atoms with Gasteiger partial charge >= 0.3 is 0 Å². The van der Waals surface area contributed by atoms with Crippen molar-refractivity contribution in [3.05, 3.63) is 0 Å². The predicted molar refractivity (Wildman–Crippen MR) is 68.4 cm³/mol. The fraction of sp³-hybridized carbons (Fsp3) is 0.909. The van der Waals surface area contributed by atoms with E-state index in [1.165, 1.54) is 0 Å². The molecule has 0 rings (SSSR count). The molecule has 15 heavy (non-hydrogen) atoms. The van der Waals surface area contributed by atoms with Crippen LogP contribution in [0.25, 0.3) is 0 Å². The molecule has 0 spiro atoms. The largest absolute Gasteiger partial charge is 0.353 e. The number of hydrogen-bond donors (Lipinski definition) is 2. The van der Waals surface area contributed by atoms with Gasteiger partial charge in [-0.3, -0.25) is 4.79 Å². The van der Waals surface area contributed by atoms with Crippen LogP contribution >= 0.6 is 11.8 Å². The van der Waals surface area contributed by atoms with Gasteiger partial charge in [0.2, 0.25) is 5.91 Å². The summed E-state index contributed by atoms with van der Waals surface area (Å²) in [4.78, 5) is 11.4. The molecule has 0 saturated heterocycles. The van der Waals surface area contributed by atoms with E-state index < -0.39 is 0 Å². The molecule has 0 bridgehead atoms. The Balaban J connectivity index is 3.52. The van der Waals surface area contributed by atoms with Crippen LogP contribution in [0.2, 0.25) is 0 Å². The highest BCUT2D eigenvalue weighted by atomic mass is 32.2. The fourth-order valence-electron chi connectivity index (χ4n) is 1.09. The standard InChI is InChI=1S/C11H24N2OS/c1-5-9(2)13-11(14)8-12-10(3)6-7-15-4/h9-10,12H,5-8H2,1-4H3,(H,13,14). The Bertz CT molecular complexity index is 176. The third-order valence-electron chi connectivity index (χ3n) is 2.39. The average Bonchev–Trinajstić information content (AvgIpc) is 2.23. The number of carbonyl (C=O) groups is 1. The zero-order chi connectivity index (χ0) is 11.7. The van der Waals surface area contributed by atoms with Gasteiger partial charge in [-0.25, -0.2) is 0 Å². The maximum Gasteiger partial charge on any atom is 0.234 e. The lowest BCUT2D eigenvalue weighted by Crippen LogP contribution is -2.41. The smallest absolute Gasteiger partial charge is 0.234 e. The van der Waals surface area contributed by atoms with Gasteiger partial charge in [-0.1, -0.05) is 6.92 Å². The van der Waals surface area contributed by atoms with Gasteiger partial charge in [-0.2, -0.15) is 11.8 Å². The molecule has 0 fully saturated rings. The van der Waals surface area contributed by atoms with Gasteiger partial charge in [0.15, 0.2) is 0 Å². The van der Waals surface area contributed by atoms with Crippen molar-refractivity contribution in [2.24, 2.45) is 0 Å². The van der Waals surface area contributed by atoms with Crippen molar-refractivity contribution in [2.75, 3.05) is 18.6 Å². The van der Waals surface area contributed by atoms with Crippen LogP contribution in [0.4, 0.5) is 0 Å². The van der Waals surface area contributed by atoms with Crippen molar-refractivity contribution in [2.45, 2.75) is 45.7 Å². The van der Waals surface area contributed by atoms with Crippen molar-refractivity contribution in [3.63, 3.8) is 0 Å². The van der Waals surface area contributed by atoms with E-state index in [0.29, 0.717) is 12.6 Å². The molecule has 0 aromatic heterocycles. The lowest BCUT2D eigenvalue weighted by molar-refractivity contribution is -0.120. The van der Waals surface area contributed by atoms with E-state index in [1.54, 1.807) is 0 Å². The van der Waals surface area contributed by atoms with Crippen molar-refractivity contribution < 1.29 is 4.79 Å². The van der Waals surface area contributed by atoms with E-state index in [1.807, 2.05) is 18.7 Å². The number of nitrogens with one attached hydrogen (secondary N) is 2. The van der Waals surface area contributed by atoms with E-state index in [9.17, 15) is 4.79 Å². The highest BCUT2D eigenvalue weighted by molar-refractivity contribution is 7.98. The Kier molecular flexibility index (Phi) is 8.91. The number of hydrogen-bond acceptors (Lipinski definition) is 3. The molecule has 1 amide bonds. The lowest BCUT2D eigenvalue weighted by atomic mass is 10.2. The molecule has 2 unspecified atom stereocenters. The van der Waals surface area contributed by atoms with Crippen LogP contribution in [0.1, 0.15) is 33.6 Å². The van der Waals surface area contributed by atoms with Crippen molar-refractivity contribution >= 4 is 17.7 Å². The third kappa shape index (κ3) is 8.75. The molecule has 0 radical (unpaired) electrons. The van der Waals surface area contributed by atoms with E-state index in [2.05, 4.69) is 30.7 Å². The minimum atomic E-state index is 0.0975. The van der Waals surface area contributed by atoms with Gasteiger partial charge in [0, 0.05) is 12.1 Å². The van der Waals surface area contributed by atoms with E-state index in [4.69, 9.17) is 0 Å². The van der Waals surface area contributed by atoms with Crippen LogP contribution in [0.3, 0.4) is 0 Å². The Morgan fingerprint density at radius 2 is 2.00 bits per heavy atom. The number of thioether (sulfide) groups is 1. The molecule has 0 aromatic rings. The summed E-state index contributed by atoms with van der Waals surface area (Å²) in [6, 6.07) is 0.695. The minimum Gasteiger partial charge on any atom is -0.353 e. The minimum absolute atomic E-state index is 0.0975. The molecule has 2 atom stereocenters. The SMILES string of the molecule is CCC(C)NC(=O)CNC(C)CCSC. The van der Waals surface area contributed by atoms with E-state index >= 15 is 0 Å². The zero-order valence-electron chi connectivity index (χ0n) is 10.3. The quantitative estimate of drug-likeness (QED) is 0.668. The molecule has 0 aliphatic carbocycles. The molecular formula is C11H24N2OS. The second-order valence-electron chi connectivity index (χ2n) is 3.94. The maximum absolute atomic E-state index is 11.4. The second-order valence-corrected chi connectivity index (χ2v) is 4.93. The third-order valence-corrected chi connectivity index (χ3v) is 3.03. The summed E-state index contributed by atoms with van der Waals surface area (Å²) in [6.45, 7) is 6.64. The zero-order valence-corrected chi connectivity index (χ0v) is 11.1. The van der Waals surface area contributed by atoms with Gasteiger partial charge in [0.1, 0.15) is 0 Å². The van der Waals surface area contributed by atoms with Gasteiger partial charge in [-0.05, 0) is 38.7 Å². The molecule has 0 aromatic carbocycles. The molecular weight excluding hydrogens is 208 g/mol. The van der Waals surface area contributed by atoms with Crippen LogP contribution in [-0.4, -0.2) is 36.5 Å². The van der Waals surface area contributed by atoms with Gasteiger partial charge < -0.3 is 10.6 Å². The molecule has 90 valence electrons. The number of carbonyl (C=O) groups excluding carboxylic acids is 1. The average molecular weight is 232 g/mol. The monoisotopic (exact) mass is 232 g/mol. The summed E-state index contributed by atoms with van der Waals surface area (Å²) in [7, 11) is 0. The molecule has 4 heteroatoms. The summed E-state index contributed by atoms with van der Waals surface area (Å²) in [5.41, 5.74) is 0. The number of rotatable bonds is 8. The summed E-state index contributed by atoms with van der Waals surface area (Å²) in [5, 5.41) is 6.16. The summed E-state index contributed by atoms with van der Waals surface area (Å²) in [6.07, 6.45) is 4.19. The molecule has 2 N–H and O–H groups in total. The van der Waals surface area contributed by atoms with Crippen LogP contribution in [0, 0.1) is 0 Å². The first-order valence-electron chi connectivity index (χ1n) is 5.61. The second kappa shape index (κ2) is 9.04. The number of amides is 1. The van der Waals surface area contributed by atoms with Crippen molar-refractivity contribution in [1.82, 2.24) is 10.6 Å². The molecule has 0 saturated carbocycles. The molecule has 0 aliphatic rings. The van der Waals surface area contributed by atoms with E-state index in [-0.39, 0.29) is 11.9 Å². The van der Waals surface area contributed by atoms with Crippen LogP contribution in [-0.2, 0) is 4.79 Å². The summed E-state index contributed by atoms with van der Waals surface area (Å²) in [5.74, 6) is 1.24. The van der Waals surface area contributed by atoms with Crippen LogP contribution < -0.4 is 10.6 Å². The van der Waals surface area contributed by atoms with Gasteiger partial charge in [-0.15, -0.1) is 0 Å². The Labute approximate surface area is 97.8 Å². The van der Waals surface area contributed by atoms with Gasteiger partial charge in [0.25, 0.3) is 0 Å². The first kappa shape index (κ1) is 14.8. The summed E-state index contributed by atoms with van der Waals surface area (Å²) >= 11 is 1.84. The lowest BCUT2D eigenvalue weighted by Gasteiger charge is -2.15. The Hall–Kier alpha value is -0.220. The maximum atomic E-state index is 11.4.